The third-order valence-corrected chi connectivity index (χ3v) is 16.4. The van der Waals surface area contributed by atoms with Gasteiger partial charge in [0.2, 0.25) is 5.91 Å². The van der Waals surface area contributed by atoms with Crippen LogP contribution in [0.25, 0.3) is 0 Å². The molecule has 4 aliphatic heterocycles. The monoisotopic (exact) mass is 764 g/mol. The molecule has 2 amide bonds. The van der Waals surface area contributed by atoms with E-state index < -0.39 is 9.71 Å². The minimum absolute atomic E-state index is 0.0986. The first-order chi connectivity index (χ1) is 25.5. The molecule has 6 aliphatic rings. The molecule has 1 saturated carbocycles. The maximum atomic E-state index is 14.1. The molecule has 0 aromatic heterocycles. The highest BCUT2D eigenvalue weighted by Crippen LogP contribution is 2.48. The molecule has 2 bridgehead atoms. The minimum Gasteiger partial charge on any atom is -0.490 e. The first kappa shape index (κ1) is 37.1. The lowest BCUT2D eigenvalue weighted by Crippen LogP contribution is -2.59. The molecule has 4 heterocycles. The van der Waals surface area contributed by atoms with E-state index in [4.69, 9.17) is 21.1 Å². The molecule has 1 N–H and O–H groups in total. The van der Waals surface area contributed by atoms with Gasteiger partial charge in [-0.25, -0.2) is 4.21 Å². The summed E-state index contributed by atoms with van der Waals surface area (Å²) in [5, 5.41) is 0.460. The Morgan fingerprint density at radius 1 is 1.06 bits per heavy atom. The number of ether oxygens (including phenoxy) is 2. The highest BCUT2D eigenvalue weighted by Gasteiger charge is 2.45. The number of fused-ring (bicyclic) bond motifs is 5. The second kappa shape index (κ2) is 15.0. The molecule has 3 fully saturated rings. The van der Waals surface area contributed by atoms with Crippen molar-refractivity contribution >= 4 is 44.7 Å². The van der Waals surface area contributed by atoms with Crippen LogP contribution in [-0.4, -0.2) is 102 Å². The number of carbonyl (C=O) groups excluding carboxylic acids is 2. The molecule has 288 valence electrons. The third kappa shape index (κ3) is 7.47. The topological polar surface area (TPSA) is 91.4 Å². The molecule has 2 aromatic rings. The number of benzene rings is 2. The maximum Gasteiger partial charge on any atom is 0.262 e. The largest absolute Gasteiger partial charge is 0.490 e. The molecule has 2 saturated heterocycles. The number of hydrogen-bond donors (Lipinski definition) is 1. The number of amides is 2. The van der Waals surface area contributed by atoms with E-state index in [1.54, 1.807) is 6.07 Å². The van der Waals surface area contributed by atoms with Gasteiger partial charge in [0, 0.05) is 66.9 Å². The summed E-state index contributed by atoms with van der Waals surface area (Å²) in [6, 6.07) is 12.3. The Bertz CT molecular complexity index is 1820. The fraction of sp³-hybridized carbons (Fsp3) is 0.643. The normalized spacial score (nSPS) is 35.1. The zero-order valence-corrected chi connectivity index (χ0v) is 33.1. The number of nitrogens with zero attached hydrogens (tertiary/aromatic N) is 3. The second-order valence-corrected chi connectivity index (χ2v) is 20.0. The lowest BCUT2D eigenvalue weighted by atomic mass is 9.64. The molecule has 11 heteroatoms. The van der Waals surface area contributed by atoms with Crippen LogP contribution in [0, 0.1) is 23.7 Å². The predicted octanol–water partition coefficient (Wildman–Crippen LogP) is 5.96. The lowest BCUT2D eigenvalue weighted by molar-refractivity contribution is -0.139. The SMILES string of the molecule is C=S1(=O)NC(=O)c2ccc3c(c2)N(C[C@@H]2CC[C@H]2[C@H](CC(=O)N2CCN4CCOC[C@H]4C2)CCC[C@H](C)[C@H]1C)C[C@@]1(CCCc2cc(Cl)ccc21)CO3. The summed E-state index contributed by atoms with van der Waals surface area (Å²) in [6.45, 7) is 11.1. The van der Waals surface area contributed by atoms with Crippen molar-refractivity contribution in [1.29, 1.82) is 0 Å². The smallest absolute Gasteiger partial charge is 0.262 e. The van der Waals surface area contributed by atoms with Gasteiger partial charge < -0.3 is 19.3 Å². The Morgan fingerprint density at radius 2 is 1.92 bits per heavy atom. The third-order valence-electron chi connectivity index (χ3n) is 14.0. The number of piperazine rings is 1. The van der Waals surface area contributed by atoms with Crippen molar-refractivity contribution in [1.82, 2.24) is 14.5 Å². The number of aryl methyl sites for hydroxylation is 1. The highest BCUT2D eigenvalue weighted by atomic mass is 35.5. The van der Waals surface area contributed by atoms with Crippen molar-refractivity contribution in [2.75, 3.05) is 64.0 Å². The lowest BCUT2D eigenvalue weighted by Gasteiger charge is -2.47. The first-order valence-electron chi connectivity index (χ1n) is 20.1. The number of anilines is 1. The summed E-state index contributed by atoms with van der Waals surface area (Å²) in [7, 11) is -2.93. The van der Waals surface area contributed by atoms with Crippen molar-refractivity contribution in [2.45, 2.75) is 88.3 Å². The predicted molar refractivity (Wildman–Crippen MR) is 213 cm³/mol. The number of morpholine rings is 1. The summed E-state index contributed by atoms with van der Waals surface area (Å²) < 4.78 is 29.4. The van der Waals surface area contributed by atoms with Gasteiger partial charge in [-0.2, -0.15) is 0 Å². The molecule has 9 nitrogen and oxygen atoms in total. The second-order valence-electron chi connectivity index (χ2n) is 17.1. The van der Waals surface area contributed by atoms with Crippen LogP contribution in [0.1, 0.15) is 86.7 Å². The van der Waals surface area contributed by atoms with Crippen molar-refractivity contribution in [3.05, 3.63) is 58.1 Å². The molecule has 0 radical (unpaired) electrons. The number of nitrogens with one attached hydrogen (secondary N) is 1. The quantitative estimate of drug-likeness (QED) is 0.378. The molecular formula is C42H57ClN4O5S. The zero-order chi connectivity index (χ0) is 36.9. The Kier molecular flexibility index (Phi) is 10.5. The molecule has 2 aliphatic carbocycles. The molecule has 2 aromatic carbocycles. The summed E-state index contributed by atoms with van der Waals surface area (Å²) >= 11 is 6.51. The van der Waals surface area contributed by atoms with Gasteiger partial charge in [0.05, 0.1) is 41.3 Å². The average molecular weight is 765 g/mol. The fourth-order valence-electron chi connectivity index (χ4n) is 10.4. The van der Waals surface area contributed by atoms with E-state index in [1.807, 2.05) is 25.1 Å². The maximum absolute atomic E-state index is 14.1. The summed E-state index contributed by atoms with van der Waals surface area (Å²) in [5.41, 5.74) is 3.74. The van der Waals surface area contributed by atoms with Crippen LogP contribution in [0.3, 0.4) is 0 Å². The van der Waals surface area contributed by atoms with E-state index in [1.165, 1.54) is 11.1 Å². The van der Waals surface area contributed by atoms with E-state index in [0.717, 1.165) is 114 Å². The number of rotatable bonds is 2. The molecular weight excluding hydrogens is 708 g/mol. The Balaban J connectivity index is 1.12. The van der Waals surface area contributed by atoms with Gasteiger partial charge in [-0.15, -0.1) is 0 Å². The molecule has 1 unspecified atom stereocenters. The van der Waals surface area contributed by atoms with Crippen LogP contribution in [0.5, 0.6) is 5.75 Å². The minimum atomic E-state index is -2.93. The van der Waals surface area contributed by atoms with Crippen molar-refractivity contribution < 1.29 is 23.3 Å². The Labute approximate surface area is 321 Å². The number of carbonyl (C=O) groups is 2. The van der Waals surface area contributed by atoms with E-state index >= 15 is 0 Å². The number of halogens is 1. The van der Waals surface area contributed by atoms with E-state index in [2.05, 4.69) is 44.3 Å². The summed E-state index contributed by atoms with van der Waals surface area (Å²) in [4.78, 5) is 35.0. The van der Waals surface area contributed by atoms with Crippen molar-refractivity contribution in [2.24, 2.45) is 23.7 Å². The van der Waals surface area contributed by atoms with Crippen LogP contribution < -0.4 is 14.4 Å². The molecule has 8 atom stereocenters. The Morgan fingerprint density at radius 3 is 2.75 bits per heavy atom. The number of hydrogen-bond acceptors (Lipinski definition) is 7. The fourth-order valence-corrected chi connectivity index (χ4v) is 12.1. The van der Waals surface area contributed by atoms with E-state index in [0.29, 0.717) is 43.1 Å². The Hall–Kier alpha value is -2.79. The van der Waals surface area contributed by atoms with E-state index in [-0.39, 0.29) is 34.3 Å². The zero-order valence-electron chi connectivity index (χ0n) is 31.5. The van der Waals surface area contributed by atoms with Gasteiger partial charge in [-0.3, -0.25) is 19.2 Å². The van der Waals surface area contributed by atoms with E-state index in [9.17, 15) is 13.8 Å². The van der Waals surface area contributed by atoms with Crippen LogP contribution >= 0.6 is 11.6 Å². The first-order valence-corrected chi connectivity index (χ1v) is 22.2. The molecule has 8 rings (SSSR count). The van der Waals surface area contributed by atoms with Gasteiger partial charge in [0.25, 0.3) is 5.91 Å². The van der Waals surface area contributed by atoms with Gasteiger partial charge in [0.1, 0.15) is 5.75 Å². The van der Waals surface area contributed by atoms with Gasteiger partial charge in [0.15, 0.2) is 0 Å². The van der Waals surface area contributed by atoms with Crippen molar-refractivity contribution in [3.63, 3.8) is 0 Å². The van der Waals surface area contributed by atoms with Crippen LogP contribution in [0.15, 0.2) is 36.4 Å². The average Bonchev–Trinajstić information content (AvgIpc) is 3.28. The van der Waals surface area contributed by atoms with Gasteiger partial charge in [-0.05, 0) is 123 Å². The van der Waals surface area contributed by atoms with Crippen LogP contribution in [-0.2, 0) is 31.1 Å². The van der Waals surface area contributed by atoms with Gasteiger partial charge >= 0.3 is 0 Å². The van der Waals surface area contributed by atoms with Crippen LogP contribution in [0.4, 0.5) is 5.69 Å². The van der Waals surface area contributed by atoms with Crippen molar-refractivity contribution in [3.8, 4) is 5.75 Å². The molecule has 53 heavy (non-hydrogen) atoms. The summed E-state index contributed by atoms with van der Waals surface area (Å²) in [5.74, 6) is 5.99. The summed E-state index contributed by atoms with van der Waals surface area (Å²) in [6.07, 6.45) is 8.66. The van der Waals surface area contributed by atoms with Crippen LogP contribution in [0.2, 0.25) is 5.02 Å². The van der Waals surface area contributed by atoms with Gasteiger partial charge in [-0.1, -0.05) is 31.0 Å². The highest BCUT2D eigenvalue weighted by molar-refractivity contribution is 7.99. The molecule has 1 spiro atoms. The standard InChI is InChI=1S/C42H57ClN4O5S/c1-28-6-4-7-30(22-40(48)46-17-16-45-18-19-51-25-35(45)24-46)36-12-9-33(36)23-47-26-42(15-5-8-31-20-34(43)11-13-37(31)42)27-52-39-14-10-32(21-38(39)47)41(49)44-53(3,50)29(28)2/h10-11,13-14,20-21,28-30,33,35-36H,3-9,12,15-19,22-27H2,1-2H3,(H,44,49,50)/t28-,29+,30-,33-,35+,36-,42-,53?/m0/s1.